The van der Waals surface area contributed by atoms with Crippen molar-refractivity contribution in [3.05, 3.63) is 23.0 Å². The maximum atomic E-state index is 12.1. The standard InChI is InChI=1S/C18H28N4O4/c1-7-25-16(23)14(12(2)19)21-15(20-6)13-8-10-22(11-9-13)17(24)26-18(3,4)5/h8H,6-7,9-11,19H2,1-5H3/b14-12+,21-15-. The molecule has 2 N–H and O–H groups in total. The van der Waals surface area contributed by atoms with E-state index in [0.717, 1.165) is 5.57 Å². The van der Waals surface area contributed by atoms with Gasteiger partial charge in [0.1, 0.15) is 5.60 Å². The summed E-state index contributed by atoms with van der Waals surface area (Å²) in [5.41, 5.74) is 6.21. The Kier molecular flexibility index (Phi) is 7.55. The molecular formula is C18H28N4O4. The molecule has 0 fully saturated rings. The van der Waals surface area contributed by atoms with Crippen LogP contribution in [0.2, 0.25) is 0 Å². The molecule has 1 amide bonds. The molecule has 0 atom stereocenters. The topological polar surface area (TPSA) is 107 Å². The minimum Gasteiger partial charge on any atom is -0.461 e. The van der Waals surface area contributed by atoms with Crippen LogP contribution in [0.25, 0.3) is 0 Å². The average molecular weight is 364 g/mol. The quantitative estimate of drug-likeness (QED) is 0.357. The number of rotatable bonds is 4. The van der Waals surface area contributed by atoms with E-state index in [0.29, 0.717) is 25.3 Å². The second-order valence-electron chi connectivity index (χ2n) is 6.75. The van der Waals surface area contributed by atoms with Crippen molar-refractivity contribution in [3.8, 4) is 0 Å². The van der Waals surface area contributed by atoms with Crippen LogP contribution in [-0.4, -0.2) is 54.8 Å². The van der Waals surface area contributed by atoms with Crippen molar-refractivity contribution in [1.29, 1.82) is 0 Å². The number of nitrogens with zero attached hydrogens (tertiary/aromatic N) is 3. The van der Waals surface area contributed by atoms with Crippen molar-refractivity contribution < 1.29 is 19.1 Å². The fourth-order valence-corrected chi connectivity index (χ4v) is 2.17. The summed E-state index contributed by atoms with van der Waals surface area (Å²) in [5.74, 6) is -0.317. The summed E-state index contributed by atoms with van der Waals surface area (Å²) in [5, 5.41) is 0. The molecule has 8 heteroatoms. The fraction of sp³-hybridized carbons (Fsp3) is 0.556. The Morgan fingerprint density at radius 3 is 2.46 bits per heavy atom. The highest BCUT2D eigenvalue weighted by atomic mass is 16.6. The predicted molar refractivity (Wildman–Crippen MR) is 101 cm³/mol. The van der Waals surface area contributed by atoms with E-state index >= 15 is 0 Å². The van der Waals surface area contributed by atoms with Crippen molar-refractivity contribution in [3.63, 3.8) is 0 Å². The highest BCUT2D eigenvalue weighted by Gasteiger charge is 2.25. The molecule has 0 saturated carbocycles. The van der Waals surface area contributed by atoms with E-state index in [-0.39, 0.29) is 24.1 Å². The number of aliphatic imine (C=N–C) groups is 2. The Hall–Kier alpha value is -2.64. The zero-order valence-electron chi connectivity index (χ0n) is 16.2. The third-order valence-electron chi connectivity index (χ3n) is 3.36. The van der Waals surface area contributed by atoms with E-state index in [4.69, 9.17) is 15.2 Å². The summed E-state index contributed by atoms with van der Waals surface area (Å²) >= 11 is 0. The Morgan fingerprint density at radius 1 is 1.38 bits per heavy atom. The third-order valence-corrected chi connectivity index (χ3v) is 3.36. The van der Waals surface area contributed by atoms with E-state index in [9.17, 15) is 9.59 Å². The van der Waals surface area contributed by atoms with Gasteiger partial charge in [0.25, 0.3) is 0 Å². The molecule has 0 unspecified atom stereocenters. The van der Waals surface area contributed by atoms with Crippen LogP contribution in [0.5, 0.6) is 0 Å². The number of amides is 1. The Labute approximate surface area is 154 Å². The lowest BCUT2D eigenvalue weighted by atomic mass is 10.1. The van der Waals surface area contributed by atoms with Crippen molar-refractivity contribution in [2.45, 2.75) is 46.6 Å². The molecule has 1 heterocycles. The largest absolute Gasteiger partial charge is 0.461 e. The molecule has 0 aromatic heterocycles. The van der Waals surface area contributed by atoms with E-state index in [1.807, 2.05) is 26.8 Å². The van der Waals surface area contributed by atoms with Crippen molar-refractivity contribution in [1.82, 2.24) is 4.90 Å². The van der Waals surface area contributed by atoms with E-state index in [1.165, 1.54) is 0 Å². The van der Waals surface area contributed by atoms with Gasteiger partial charge in [0, 0.05) is 18.8 Å². The third kappa shape index (κ3) is 6.34. The zero-order chi connectivity index (χ0) is 19.9. The number of hydrogen-bond acceptors (Lipinski definition) is 6. The van der Waals surface area contributed by atoms with E-state index < -0.39 is 11.6 Å². The number of amidine groups is 1. The summed E-state index contributed by atoms with van der Waals surface area (Å²) in [4.78, 5) is 33.8. The van der Waals surface area contributed by atoms with E-state index in [1.54, 1.807) is 18.7 Å². The first-order chi connectivity index (χ1) is 12.1. The molecule has 1 rings (SSSR count). The van der Waals surface area contributed by atoms with Crippen LogP contribution in [0.1, 0.15) is 41.0 Å². The lowest BCUT2D eigenvalue weighted by Gasteiger charge is -2.29. The van der Waals surface area contributed by atoms with Gasteiger partial charge in [-0.25, -0.2) is 19.6 Å². The van der Waals surface area contributed by atoms with Crippen LogP contribution in [-0.2, 0) is 14.3 Å². The first-order valence-corrected chi connectivity index (χ1v) is 8.45. The summed E-state index contributed by atoms with van der Waals surface area (Å²) in [6.45, 7) is 13.3. The first kappa shape index (κ1) is 21.4. The molecule has 8 nitrogen and oxygen atoms in total. The molecule has 0 aromatic carbocycles. The van der Waals surface area contributed by atoms with Gasteiger partial charge in [0.2, 0.25) is 0 Å². The molecule has 1 aliphatic rings. The Morgan fingerprint density at radius 2 is 2.04 bits per heavy atom. The summed E-state index contributed by atoms with van der Waals surface area (Å²) in [6.07, 6.45) is 1.95. The highest BCUT2D eigenvalue weighted by Crippen LogP contribution is 2.18. The minimum atomic E-state index is -0.611. The molecular weight excluding hydrogens is 336 g/mol. The molecule has 0 radical (unpaired) electrons. The van der Waals surface area contributed by atoms with Gasteiger partial charge in [0.15, 0.2) is 11.5 Å². The number of carbonyl (C=O) groups is 2. The smallest absolute Gasteiger partial charge is 0.410 e. The molecule has 0 spiro atoms. The predicted octanol–water partition coefficient (Wildman–Crippen LogP) is 2.41. The van der Waals surface area contributed by atoms with Crippen LogP contribution in [0.15, 0.2) is 33.0 Å². The maximum Gasteiger partial charge on any atom is 0.410 e. The molecule has 26 heavy (non-hydrogen) atoms. The second kappa shape index (κ2) is 9.17. The van der Waals surface area contributed by atoms with Crippen molar-refractivity contribution >= 4 is 24.6 Å². The minimum absolute atomic E-state index is 0.00437. The molecule has 1 aliphatic heterocycles. The lowest BCUT2D eigenvalue weighted by Crippen LogP contribution is -2.39. The SMILES string of the molecule is C=N/C(=N\C(C(=O)OCC)=C(/C)N)C1=CCN(C(=O)OC(C)(C)C)CC1. The number of carbonyl (C=O) groups excluding carboxylic acids is 2. The average Bonchev–Trinajstić information content (AvgIpc) is 2.54. The Bertz CT molecular complexity index is 653. The van der Waals surface area contributed by atoms with Gasteiger partial charge < -0.3 is 20.1 Å². The van der Waals surface area contributed by atoms with Crippen LogP contribution in [0, 0.1) is 0 Å². The van der Waals surface area contributed by atoms with Gasteiger partial charge >= 0.3 is 12.1 Å². The number of ether oxygens (including phenoxy) is 2. The molecule has 0 saturated heterocycles. The summed E-state index contributed by atoms with van der Waals surface area (Å²) < 4.78 is 10.3. The summed E-state index contributed by atoms with van der Waals surface area (Å²) in [7, 11) is 0. The van der Waals surface area contributed by atoms with Gasteiger partial charge in [-0.15, -0.1) is 0 Å². The van der Waals surface area contributed by atoms with Crippen LogP contribution < -0.4 is 5.73 Å². The molecule has 0 aromatic rings. The first-order valence-electron chi connectivity index (χ1n) is 8.45. The normalized spacial score (nSPS) is 16.4. The monoisotopic (exact) mass is 364 g/mol. The second-order valence-corrected chi connectivity index (χ2v) is 6.75. The van der Waals surface area contributed by atoms with E-state index in [2.05, 4.69) is 16.7 Å². The van der Waals surface area contributed by atoms with Gasteiger partial charge in [0.05, 0.1) is 6.61 Å². The number of esters is 1. The number of hydrogen-bond donors (Lipinski definition) is 1. The van der Waals surface area contributed by atoms with Gasteiger partial charge in [-0.05, 0) is 53.3 Å². The summed E-state index contributed by atoms with van der Waals surface area (Å²) in [6, 6.07) is 0. The number of nitrogens with two attached hydrogens (primary N) is 1. The fourth-order valence-electron chi connectivity index (χ4n) is 2.17. The van der Waals surface area contributed by atoms with Crippen LogP contribution >= 0.6 is 0 Å². The molecule has 144 valence electrons. The molecule has 0 bridgehead atoms. The number of allylic oxidation sites excluding steroid dienone is 1. The van der Waals surface area contributed by atoms with Crippen molar-refractivity contribution in [2.75, 3.05) is 19.7 Å². The van der Waals surface area contributed by atoms with Crippen LogP contribution in [0.4, 0.5) is 4.79 Å². The zero-order valence-corrected chi connectivity index (χ0v) is 16.2. The lowest BCUT2D eigenvalue weighted by molar-refractivity contribution is -0.138. The van der Waals surface area contributed by atoms with Gasteiger partial charge in [-0.2, -0.15) is 0 Å². The van der Waals surface area contributed by atoms with Gasteiger partial charge in [-0.3, -0.25) is 0 Å². The van der Waals surface area contributed by atoms with Crippen LogP contribution in [0.3, 0.4) is 0 Å². The highest BCUT2D eigenvalue weighted by molar-refractivity contribution is 6.04. The Balaban J connectivity index is 2.96. The van der Waals surface area contributed by atoms with Crippen molar-refractivity contribution in [2.24, 2.45) is 15.7 Å². The van der Waals surface area contributed by atoms with Gasteiger partial charge in [-0.1, -0.05) is 6.08 Å². The molecule has 0 aliphatic carbocycles. The maximum absolute atomic E-state index is 12.1.